The fourth-order valence-corrected chi connectivity index (χ4v) is 3.12. The third-order valence-electron chi connectivity index (χ3n) is 4.19. The van der Waals surface area contributed by atoms with E-state index in [2.05, 4.69) is 5.32 Å². The molecular weight excluding hydrogens is 280 g/mol. The van der Waals surface area contributed by atoms with E-state index in [0.29, 0.717) is 25.9 Å². The first kappa shape index (κ1) is 16.3. The minimum absolute atomic E-state index is 0.0225. The number of hydrogen-bond acceptors (Lipinski definition) is 3. The van der Waals surface area contributed by atoms with Crippen LogP contribution in [0.3, 0.4) is 0 Å². The molecule has 1 N–H and O–H groups in total. The number of carbonyl (C=O) groups excluding carboxylic acids is 2. The SMILES string of the molecule is CCNC(=O)[C@@H]1CCC(=O)N(CC)[C@H]1c1ccc(OC)cc1. The zero-order chi connectivity index (χ0) is 16.1. The second-order valence-electron chi connectivity index (χ2n) is 5.44. The van der Waals surface area contributed by atoms with Crippen LogP contribution in [-0.2, 0) is 9.59 Å². The predicted molar refractivity (Wildman–Crippen MR) is 84.5 cm³/mol. The van der Waals surface area contributed by atoms with Gasteiger partial charge in [-0.2, -0.15) is 0 Å². The number of nitrogens with zero attached hydrogens (tertiary/aromatic N) is 1. The van der Waals surface area contributed by atoms with E-state index in [9.17, 15) is 9.59 Å². The highest BCUT2D eigenvalue weighted by Gasteiger charge is 2.39. The van der Waals surface area contributed by atoms with Gasteiger partial charge in [0.25, 0.3) is 0 Å². The molecule has 0 bridgehead atoms. The third kappa shape index (κ3) is 3.24. The van der Waals surface area contributed by atoms with Crippen molar-refractivity contribution in [1.29, 1.82) is 0 Å². The van der Waals surface area contributed by atoms with Crippen LogP contribution in [0.15, 0.2) is 24.3 Å². The summed E-state index contributed by atoms with van der Waals surface area (Å²) in [6.07, 6.45) is 1.03. The maximum atomic E-state index is 12.4. The molecule has 2 rings (SSSR count). The van der Waals surface area contributed by atoms with Crippen molar-refractivity contribution in [2.24, 2.45) is 5.92 Å². The molecule has 0 aromatic heterocycles. The number of benzene rings is 1. The van der Waals surface area contributed by atoms with Crippen molar-refractivity contribution >= 4 is 11.8 Å². The number of piperidine rings is 1. The summed E-state index contributed by atoms with van der Waals surface area (Å²) in [5, 5.41) is 2.90. The average Bonchev–Trinajstić information content (AvgIpc) is 2.54. The number of rotatable bonds is 5. The molecule has 22 heavy (non-hydrogen) atoms. The van der Waals surface area contributed by atoms with Gasteiger partial charge in [0.1, 0.15) is 5.75 Å². The van der Waals surface area contributed by atoms with E-state index >= 15 is 0 Å². The lowest BCUT2D eigenvalue weighted by molar-refractivity contribution is -0.143. The molecule has 1 saturated heterocycles. The number of likely N-dealkylation sites (tertiary alicyclic amines) is 1. The van der Waals surface area contributed by atoms with Gasteiger partial charge in [-0.05, 0) is 38.0 Å². The Bertz CT molecular complexity index is 527. The standard InChI is InChI=1S/C17H24N2O3/c1-4-18-17(21)14-10-11-15(20)19(5-2)16(14)12-6-8-13(22-3)9-7-12/h6-9,14,16H,4-5,10-11H2,1-3H3,(H,18,21)/t14-,16+/m1/s1. The normalized spacial score (nSPS) is 21.6. The average molecular weight is 304 g/mol. The highest BCUT2D eigenvalue weighted by molar-refractivity contribution is 5.85. The highest BCUT2D eigenvalue weighted by Crippen LogP contribution is 2.37. The maximum absolute atomic E-state index is 12.4. The van der Waals surface area contributed by atoms with Crippen molar-refractivity contribution in [2.45, 2.75) is 32.7 Å². The molecular formula is C17H24N2O3. The van der Waals surface area contributed by atoms with Crippen LogP contribution in [-0.4, -0.2) is 36.9 Å². The van der Waals surface area contributed by atoms with Crippen LogP contribution in [0.1, 0.15) is 38.3 Å². The van der Waals surface area contributed by atoms with Gasteiger partial charge >= 0.3 is 0 Å². The lowest BCUT2D eigenvalue weighted by Crippen LogP contribution is -2.47. The summed E-state index contributed by atoms with van der Waals surface area (Å²) in [5.41, 5.74) is 0.979. The summed E-state index contributed by atoms with van der Waals surface area (Å²) in [4.78, 5) is 26.4. The van der Waals surface area contributed by atoms with Gasteiger partial charge in [-0.3, -0.25) is 9.59 Å². The van der Waals surface area contributed by atoms with Crippen molar-refractivity contribution in [1.82, 2.24) is 10.2 Å². The quantitative estimate of drug-likeness (QED) is 0.906. The number of hydrogen-bond donors (Lipinski definition) is 1. The molecule has 5 nitrogen and oxygen atoms in total. The second kappa shape index (κ2) is 7.29. The van der Waals surface area contributed by atoms with Gasteiger partial charge in [0.2, 0.25) is 11.8 Å². The van der Waals surface area contributed by atoms with Crippen molar-refractivity contribution in [3.8, 4) is 5.75 Å². The molecule has 1 aliphatic rings. The van der Waals surface area contributed by atoms with Crippen LogP contribution in [0.4, 0.5) is 0 Å². The Balaban J connectivity index is 2.35. The van der Waals surface area contributed by atoms with Gasteiger partial charge in [-0.25, -0.2) is 0 Å². The lowest BCUT2D eigenvalue weighted by atomic mass is 9.83. The number of carbonyl (C=O) groups is 2. The zero-order valence-electron chi connectivity index (χ0n) is 13.5. The molecule has 1 aromatic rings. The van der Waals surface area contributed by atoms with Gasteiger partial charge in [-0.15, -0.1) is 0 Å². The first-order valence-corrected chi connectivity index (χ1v) is 7.83. The van der Waals surface area contributed by atoms with Crippen LogP contribution in [0.2, 0.25) is 0 Å². The van der Waals surface area contributed by atoms with E-state index in [1.165, 1.54) is 0 Å². The van der Waals surface area contributed by atoms with Crippen molar-refractivity contribution in [2.75, 3.05) is 20.2 Å². The Labute approximate surface area is 131 Å². The third-order valence-corrected chi connectivity index (χ3v) is 4.19. The smallest absolute Gasteiger partial charge is 0.225 e. The largest absolute Gasteiger partial charge is 0.497 e. The molecule has 2 atom stereocenters. The molecule has 5 heteroatoms. The molecule has 0 aliphatic carbocycles. The maximum Gasteiger partial charge on any atom is 0.225 e. The van der Waals surface area contributed by atoms with Crippen LogP contribution in [0, 0.1) is 5.92 Å². The van der Waals surface area contributed by atoms with Crippen molar-refractivity contribution in [3.63, 3.8) is 0 Å². The number of amides is 2. The Morgan fingerprint density at radius 2 is 2.00 bits per heavy atom. The van der Waals surface area contributed by atoms with E-state index in [0.717, 1.165) is 11.3 Å². The van der Waals surface area contributed by atoms with Crippen LogP contribution in [0.5, 0.6) is 5.75 Å². The van der Waals surface area contributed by atoms with E-state index in [1.54, 1.807) is 7.11 Å². The Kier molecular flexibility index (Phi) is 5.41. The highest BCUT2D eigenvalue weighted by atomic mass is 16.5. The summed E-state index contributed by atoms with van der Waals surface area (Å²) in [6, 6.07) is 7.42. The second-order valence-corrected chi connectivity index (χ2v) is 5.44. The summed E-state index contributed by atoms with van der Waals surface area (Å²) in [7, 11) is 1.62. The molecule has 0 saturated carbocycles. The summed E-state index contributed by atoms with van der Waals surface area (Å²) in [5.74, 6) is 0.702. The molecule has 1 heterocycles. The molecule has 1 aliphatic heterocycles. The number of nitrogens with one attached hydrogen (secondary N) is 1. The fourth-order valence-electron chi connectivity index (χ4n) is 3.12. The van der Waals surface area contributed by atoms with Crippen molar-refractivity contribution < 1.29 is 14.3 Å². The summed E-state index contributed by atoms with van der Waals surface area (Å²) >= 11 is 0. The van der Waals surface area contributed by atoms with E-state index in [1.807, 2.05) is 43.0 Å². The molecule has 1 fully saturated rings. The van der Waals surface area contributed by atoms with E-state index in [4.69, 9.17) is 4.74 Å². The van der Waals surface area contributed by atoms with Crippen LogP contribution in [0.25, 0.3) is 0 Å². The van der Waals surface area contributed by atoms with Gasteiger partial charge < -0.3 is 15.0 Å². The topological polar surface area (TPSA) is 58.6 Å². The zero-order valence-corrected chi connectivity index (χ0v) is 13.5. The molecule has 0 radical (unpaired) electrons. The van der Waals surface area contributed by atoms with Crippen LogP contribution < -0.4 is 10.1 Å². The first-order valence-electron chi connectivity index (χ1n) is 7.83. The Morgan fingerprint density at radius 3 is 2.55 bits per heavy atom. The Hall–Kier alpha value is -2.04. The molecule has 0 spiro atoms. The van der Waals surface area contributed by atoms with Gasteiger partial charge in [0, 0.05) is 19.5 Å². The Morgan fingerprint density at radius 1 is 1.32 bits per heavy atom. The van der Waals surface area contributed by atoms with Crippen molar-refractivity contribution in [3.05, 3.63) is 29.8 Å². The van der Waals surface area contributed by atoms with Gasteiger partial charge in [-0.1, -0.05) is 12.1 Å². The molecule has 1 aromatic carbocycles. The minimum atomic E-state index is -0.205. The molecule has 120 valence electrons. The van der Waals surface area contributed by atoms with Gasteiger partial charge in [0.05, 0.1) is 19.1 Å². The van der Waals surface area contributed by atoms with E-state index < -0.39 is 0 Å². The molecule has 2 amide bonds. The minimum Gasteiger partial charge on any atom is -0.497 e. The van der Waals surface area contributed by atoms with Gasteiger partial charge in [0.15, 0.2) is 0 Å². The summed E-state index contributed by atoms with van der Waals surface area (Å²) in [6.45, 7) is 5.07. The van der Waals surface area contributed by atoms with E-state index in [-0.39, 0.29) is 23.8 Å². The fraction of sp³-hybridized carbons (Fsp3) is 0.529. The summed E-state index contributed by atoms with van der Waals surface area (Å²) < 4.78 is 5.18. The molecule has 0 unspecified atom stereocenters. The predicted octanol–water partition coefficient (Wildman–Crippen LogP) is 2.13. The monoisotopic (exact) mass is 304 g/mol. The number of methoxy groups -OCH3 is 1. The first-order chi connectivity index (χ1) is 10.6. The lowest BCUT2D eigenvalue weighted by Gasteiger charge is -2.40. The van der Waals surface area contributed by atoms with Crippen LogP contribution >= 0.6 is 0 Å². The number of ether oxygens (including phenoxy) is 1.